The molecule has 0 amide bonds. The van der Waals surface area contributed by atoms with Gasteiger partial charge in [-0.15, -0.1) is 0 Å². The minimum Gasteiger partial charge on any atom is -0.313 e. The number of ketones is 1. The number of aromatic nitrogens is 1. The van der Waals surface area contributed by atoms with Crippen molar-refractivity contribution in [3.63, 3.8) is 0 Å². The highest BCUT2D eigenvalue weighted by atomic mass is 16.1. The molecule has 0 unspecified atom stereocenters. The van der Waals surface area contributed by atoms with Gasteiger partial charge in [-0.25, -0.2) is 0 Å². The van der Waals surface area contributed by atoms with Gasteiger partial charge in [0.15, 0.2) is 0 Å². The Hall–Kier alpha value is -2.87. The van der Waals surface area contributed by atoms with Crippen molar-refractivity contribution in [1.29, 1.82) is 0 Å². The topological polar surface area (TPSA) is 21.5 Å². The first-order valence-corrected chi connectivity index (χ1v) is 7.76. The lowest BCUT2D eigenvalue weighted by Gasteiger charge is -2.04. The fraction of sp³-hybridized carbons (Fsp3) is 0.0952. The minimum absolute atomic E-state index is 0.0602. The maximum Gasteiger partial charge on any atom is 0.210 e. The molecule has 0 aliphatic carbocycles. The van der Waals surface area contributed by atoms with Crippen LogP contribution in [0.5, 0.6) is 0 Å². The van der Waals surface area contributed by atoms with Crippen molar-refractivity contribution >= 4 is 22.1 Å². The lowest BCUT2D eigenvalue weighted by Crippen LogP contribution is -2.05. The van der Waals surface area contributed by atoms with Crippen LogP contribution in [0.2, 0.25) is 0 Å². The van der Waals surface area contributed by atoms with Crippen LogP contribution >= 0.6 is 0 Å². The molecule has 0 aliphatic heterocycles. The predicted molar refractivity (Wildman–Crippen MR) is 94.3 cm³/mol. The first kappa shape index (κ1) is 13.8. The smallest absolute Gasteiger partial charge is 0.210 e. The predicted octanol–water partition coefficient (Wildman–Crippen LogP) is 4.94. The lowest BCUT2D eigenvalue weighted by molar-refractivity contribution is 0.103. The van der Waals surface area contributed by atoms with E-state index in [1.54, 1.807) is 0 Å². The summed E-state index contributed by atoms with van der Waals surface area (Å²) in [7, 11) is 0. The SMILES string of the molecule is Cc1cc2c(C(=O)c3ccccc3)n3ccccc3c2cc1C. The second-order valence-corrected chi connectivity index (χ2v) is 5.98. The summed E-state index contributed by atoms with van der Waals surface area (Å²) in [5.41, 5.74) is 4.98. The highest BCUT2D eigenvalue weighted by Gasteiger charge is 2.19. The summed E-state index contributed by atoms with van der Waals surface area (Å²) in [4.78, 5) is 13.1. The summed E-state index contributed by atoms with van der Waals surface area (Å²) in [6, 6.07) is 19.8. The van der Waals surface area contributed by atoms with E-state index >= 15 is 0 Å². The summed E-state index contributed by atoms with van der Waals surface area (Å²) in [6.45, 7) is 4.20. The molecule has 0 atom stereocenters. The minimum atomic E-state index is 0.0602. The van der Waals surface area contributed by atoms with Gasteiger partial charge in [0.25, 0.3) is 0 Å². The van der Waals surface area contributed by atoms with E-state index in [1.807, 2.05) is 53.1 Å². The third-order valence-corrected chi connectivity index (χ3v) is 4.52. The van der Waals surface area contributed by atoms with Crippen molar-refractivity contribution in [2.24, 2.45) is 0 Å². The third-order valence-electron chi connectivity index (χ3n) is 4.52. The van der Waals surface area contributed by atoms with Crippen LogP contribution in [0.3, 0.4) is 0 Å². The summed E-state index contributed by atoms with van der Waals surface area (Å²) in [6.07, 6.45) is 1.97. The number of aryl methyl sites for hydroxylation is 2. The molecule has 0 fully saturated rings. The van der Waals surface area contributed by atoms with Gasteiger partial charge in [-0.3, -0.25) is 4.79 Å². The van der Waals surface area contributed by atoms with Gasteiger partial charge in [-0.1, -0.05) is 36.4 Å². The third kappa shape index (κ3) is 2.07. The number of rotatable bonds is 2. The number of fused-ring (bicyclic) bond motifs is 3. The van der Waals surface area contributed by atoms with E-state index in [0.29, 0.717) is 0 Å². The number of carbonyl (C=O) groups is 1. The molecular weight excluding hydrogens is 282 g/mol. The van der Waals surface area contributed by atoms with Crippen LogP contribution in [-0.2, 0) is 0 Å². The van der Waals surface area contributed by atoms with Crippen LogP contribution in [0.15, 0.2) is 66.9 Å². The van der Waals surface area contributed by atoms with E-state index in [9.17, 15) is 4.79 Å². The van der Waals surface area contributed by atoms with Crippen LogP contribution < -0.4 is 0 Å². The average Bonchev–Trinajstić information content (AvgIpc) is 2.89. The van der Waals surface area contributed by atoms with Crippen LogP contribution in [0, 0.1) is 13.8 Å². The first-order chi connectivity index (χ1) is 11.2. The van der Waals surface area contributed by atoms with Crippen molar-refractivity contribution in [2.45, 2.75) is 13.8 Å². The zero-order valence-electron chi connectivity index (χ0n) is 13.2. The second-order valence-electron chi connectivity index (χ2n) is 5.98. The maximum absolute atomic E-state index is 13.1. The number of benzene rings is 2. The van der Waals surface area contributed by atoms with Gasteiger partial charge in [0.1, 0.15) is 5.69 Å². The molecule has 4 rings (SSSR count). The van der Waals surface area contributed by atoms with Gasteiger partial charge in [0.05, 0.1) is 5.52 Å². The number of nitrogens with zero attached hydrogens (tertiary/aromatic N) is 1. The van der Waals surface area contributed by atoms with Gasteiger partial charge in [-0.05, 0) is 49.2 Å². The molecule has 0 spiro atoms. The summed E-state index contributed by atoms with van der Waals surface area (Å²) in [5, 5.41) is 2.15. The van der Waals surface area contributed by atoms with E-state index in [1.165, 1.54) is 11.1 Å². The number of hydrogen-bond acceptors (Lipinski definition) is 1. The molecule has 0 saturated heterocycles. The Kier molecular flexibility index (Phi) is 3.05. The number of pyridine rings is 1. The Bertz CT molecular complexity index is 1040. The van der Waals surface area contributed by atoms with E-state index in [-0.39, 0.29) is 5.78 Å². The van der Waals surface area contributed by atoms with E-state index < -0.39 is 0 Å². The zero-order chi connectivity index (χ0) is 16.0. The van der Waals surface area contributed by atoms with Gasteiger partial charge < -0.3 is 4.40 Å². The van der Waals surface area contributed by atoms with Crippen LogP contribution in [0.25, 0.3) is 16.3 Å². The monoisotopic (exact) mass is 299 g/mol. The molecule has 2 heteroatoms. The maximum atomic E-state index is 13.1. The molecule has 0 radical (unpaired) electrons. The molecule has 0 bridgehead atoms. The Morgan fingerprint density at radius 2 is 1.48 bits per heavy atom. The Labute approximate surface area is 135 Å². The zero-order valence-corrected chi connectivity index (χ0v) is 13.2. The van der Waals surface area contributed by atoms with Crippen molar-refractivity contribution in [1.82, 2.24) is 4.40 Å². The van der Waals surface area contributed by atoms with E-state index in [4.69, 9.17) is 0 Å². The molecule has 2 aromatic heterocycles. The summed E-state index contributed by atoms with van der Waals surface area (Å²) >= 11 is 0. The molecule has 2 aromatic carbocycles. The first-order valence-electron chi connectivity index (χ1n) is 7.76. The van der Waals surface area contributed by atoms with Gasteiger partial charge >= 0.3 is 0 Å². The molecule has 112 valence electrons. The van der Waals surface area contributed by atoms with Crippen molar-refractivity contribution in [3.8, 4) is 0 Å². The Balaban J connectivity index is 2.12. The lowest BCUT2D eigenvalue weighted by atomic mass is 10.0. The Morgan fingerprint density at radius 3 is 2.22 bits per heavy atom. The molecule has 2 heterocycles. The van der Waals surface area contributed by atoms with Crippen molar-refractivity contribution in [3.05, 3.63) is 89.2 Å². The summed E-state index contributed by atoms with van der Waals surface area (Å²) < 4.78 is 2.01. The Morgan fingerprint density at radius 1 is 0.826 bits per heavy atom. The molecular formula is C21H17NO. The van der Waals surface area contributed by atoms with E-state index in [0.717, 1.165) is 27.5 Å². The fourth-order valence-corrected chi connectivity index (χ4v) is 3.17. The van der Waals surface area contributed by atoms with Gasteiger partial charge in [-0.2, -0.15) is 0 Å². The van der Waals surface area contributed by atoms with Crippen LogP contribution in [0.1, 0.15) is 27.2 Å². The highest BCUT2D eigenvalue weighted by molar-refractivity contribution is 6.19. The number of carbonyl (C=O) groups excluding carboxylic acids is 1. The van der Waals surface area contributed by atoms with Crippen molar-refractivity contribution in [2.75, 3.05) is 0 Å². The van der Waals surface area contributed by atoms with Gasteiger partial charge in [0, 0.05) is 22.5 Å². The summed E-state index contributed by atoms with van der Waals surface area (Å²) in [5.74, 6) is 0.0602. The average molecular weight is 299 g/mol. The van der Waals surface area contributed by atoms with Crippen molar-refractivity contribution < 1.29 is 4.79 Å². The van der Waals surface area contributed by atoms with Crippen LogP contribution in [0.4, 0.5) is 0 Å². The van der Waals surface area contributed by atoms with Gasteiger partial charge in [0.2, 0.25) is 5.78 Å². The molecule has 0 aliphatic rings. The number of hydrogen-bond donors (Lipinski definition) is 0. The molecule has 0 N–H and O–H groups in total. The quantitative estimate of drug-likeness (QED) is 0.480. The standard InChI is InChI=1S/C21H17NO/c1-14-12-17-18(13-15(14)2)20(22-11-7-6-10-19(17)22)21(23)16-8-4-3-5-9-16/h3-13H,1-2H3. The molecule has 4 aromatic rings. The van der Waals surface area contributed by atoms with Crippen LogP contribution in [-0.4, -0.2) is 10.2 Å². The normalized spacial score (nSPS) is 11.2. The largest absolute Gasteiger partial charge is 0.313 e. The fourth-order valence-electron chi connectivity index (χ4n) is 3.17. The molecule has 23 heavy (non-hydrogen) atoms. The second kappa shape index (κ2) is 5.10. The van der Waals surface area contributed by atoms with E-state index in [2.05, 4.69) is 32.0 Å². The molecule has 2 nitrogen and oxygen atoms in total. The highest BCUT2D eigenvalue weighted by Crippen LogP contribution is 2.30. The molecule has 0 saturated carbocycles.